The molecule has 4 rings (SSSR count). The molecule has 1 saturated heterocycles. The lowest BCUT2D eigenvalue weighted by Crippen LogP contribution is -2.31. The van der Waals surface area contributed by atoms with E-state index in [1.54, 1.807) is 12.4 Å². The zero-order chi connectivity index (χ0) is 16.9. The quantitative estimate of drug-likeness (QED) is 0.821. The van der Waals surface area contributed by atoms with Crippen molar-refractivity contribution in [2.45, 2.75) is 57.5 Å². The van der Waals surface area contributed by atoms with Gasteiger partial charge in [0.25, 0.3) is 0 Å². The van der Waals surface area contributed by atoms with Gasteiger partial charge in [0, 0.05) is 24.9 Å². The molecule has 2 aliphatic rings. The molecule has 0 bridgehead atoms. The molecular weight excluding hydrogens is 326 g/mol. The predicted octanol–water partition coefficient (Wildman–Crippen LogP) is 4.44. The maximum Gasteiger partial charge on any atom is 0.231 e. The van der Waals surface area contributed by atoms with Crippen molar-refractivity contribution in [3.63, 3.8) is 0 Å². The van der Waals surface area contributed by atoms with Crippen LogP contribution in [-0.4, -0.2) is 21.7 Å². The lowest BCUT2D eigenvalue weighted by molar-refractivity contribution is -0.0770. The van der Waals surface area contributed by atoms with Crippen LogP contribution in [-0.2, 0) is 10.3 Å². The van der Waals surface area contributed by atoms with E-state index in [4.69, 9.17) is 25.8 Å². The first-order valence-corrected chi connectivity index (χ1v) is 8.89. The number of hydrogen-bond donors (Lipinski definition) is 0. The topological polar surface area (TPSA) is 61.0 Å². The highest BCUT2D eigenvalue weighted by molar-refractivity contribution is 6.31. The SMILES string of the molecule is CC1(c2noc([C@@H]3[C@@H](c4ccncc4Cl)C3(C)C)n2)CCCCO1. The molecule has 0 N–H and O–H groups in total. The lowest BCUT2D eigenvalue weighted by atomic mass is 9.95. The molecule has 0 radical (unpaired) electrons. The van der Waals surface area contributed by atoms with E-state index in [1.807, 2.05) is 6.07 Å². The standard InChI is InChI=1S/C18H22ClN3O2/c1-17(2)13(11-6-8-20-10-12(11)19)14(17)15-21-16(22-24-15)18(3)7-4-5-9-23-18/h6,8,10,13-14H,4-5,7,9H2,1-3H3/t13-,14+,18?/m1/s1. The fourth-order valence-corrected chi connectivity index (χ4v) is 4.24. The van der Waals surface area contributed by atoms with Gasteiger partial charge in [-0.25, -0.2) is 0 Å². The molecule has 1 unspecified atom stereocenters. The summed E-state index contributed by atoms with van der Waals surface area (Å²) in [6.07, 6.45) is 6.63. The molecule has 1 aliphatic carbocycles. The third-order valence-corrected chi connectivity index (χ3v) is 5.93. The summed E-state index contributed by atoms with van der Waals surface area (Å²) in [5.41, 5.74) is 0.702. The minimum absolute atomic E-state index is 0.0309. The van der Waals surface area contributed by atoms with Gasteiger partial charge in [0.1, 0.15) is 5.60 Å². The number of halogens is 1. The Bertz CT molecular complexity index is 752. The van der Waals surface area contributed by atoms with Crippen LogP contribution in [0.4, 0.5) is 0 Å². The first-order chi connectivity index (χ1) is 11.4. The summed E-state index contributed by atoms with van der Waals surface area (Å²) < 4.78 is 11.6. The van der Waals surface area contributed by atoms with Crippen molar-refractivity contribution in [2.24, 2.45) is 5.41 Å². The zero-order valence-electron chi connectivity index (χ0n) is 14.3. The number of rotatable bonds is 3. The molecule has 128 valence electrons. The van der Waals surface area contributed by atoms with Crippen molar-refractivity contribution < 1.29 is 9.26 Å². The fourth-order valence-electron chi connectivity index (χ4n) is 4.00. The van der Waals surface area contributed by atoms with Crippen molar-refractivity contribution in [1.29, 1.82) is 0 Å². The Morgan fingerprint density at radius 1 is 1.21 bits per heavy atom. The Kier molecular flexibility index (Phi) is 3.69. The Morgan fingerprint density at radius 2 is 2.04 bits per heavy atom. The van der Waals surface area contributed by atoms with Gasteiger partial charge in [0.2, 0.25) is 11.7 Å². The molecule has 0 spiro atoms. The van der Waals surface area contributed by atoms with Crippen molar-refractivity contribution >= 4 is 11.6 Å². The summed E-state index contributed by atoms with van der Waals surface area (Å²) in [7, 11) is 0. The molecule has 0 aromatic carbocycles. The number of nitrogens with zero attached hydrogens (tertiary/aromatic N) is 3. The van der Waals surface area contributed by atoms with Crippen molar-refractivity contribution in [1.82, 2.24) is 15.1 Å². The van der Waals surface area contributed by atoms with Crippen LogP contribution in [0.3, 0.4) is 0 Å². The minimum atomic E-state index is -0.428. The van der Waals surface area contributed by atoms with E-state index in [2.05, 4.69) is 30.9 Å². The van der Waals surface area contributed by atoms with E-state index in [1.165, 1.54) is 0 Å². The summed E-state index contributed by atoms with van der Waals surface area (Å²) in [5.74, 6) is 1.79. The molecule has 0 amide bonds. The second-order valence-corrected chi connectivity index (χ2v) is 8.07. The van der Waals surface area contributed by atoms with Crippen LogP contribution in [0.2, 0.25) is 5.02 Å². The van der Waals surface area contributed by atoms with Gasteiger partial charge in [-0.2, -0.15) is 4.98 Å². The van der Waals surface area contributed by atoms with Crippen LogP contribution in [0.1, 0.15) is 69.1 Å². The second-order valence-electron chi connectivity index (χ2n) is 7.67. The molecule has 2 fully saturated rings. The molecule has 5 nitrogen and oxygen atoms in total. The van der Waals surface area contributed by atoms with Crippen LogP contribution in [0, 0.1) is 5.41 Å². The molecule has 24 heavy (non-hydrogen) atoms. The molecule has 1 aliphatic heterocycles. The van der Waals surface area contributed by atoms with Crippen LogP contribution in [0.5, 0.6) is 0 Å². The molecule has 3 heterocycles. The molecule has 3 atom stereocenters. The molecule has 2 aromatic rings. The summed E-state index contributed by atoms with van der Waals surface area (Å²) >= 11 is 6.34. The van der Waals surface area contributed by atoms with E-state index in [0.29, 0.717) is 16.7 Å². The third-order valence-electron chi connectivity index (χ3n) is 5.62. The molecule has 1 saturated carbocycles. The zero-order valence-corrected chi connectivity index (χ0v) is 15.0. The summed E-state index contributed by atoms with van der Waals surface area (Å²) in [4.78, 5) is 8.78. The van der Waals surface area contributed by atoms with Crippen LogP contribution < -0.4 is 0 Å². The Morgan fingerprint density at radius 3 is 2.75 bits per heavy atom. The number of ether oxygens (including phenoxy) is 1. The van der Waals surface area contributed by atoms with Gasteiger partial charge < -0.3 is 9.26 Å². The molecule has 2 aromatic heterocycles. The highest BCUT2D eigenvalue weighted by Crippen LogP contribution is 2.70. The van der Waals surface area contributed by atoms with Crippen LogP contribution in [0.25, 0.3) is 0 Å². The fraction of sp³-hybridized carbons (Fsp3) is 0.611. The number of pyridine rings is 1. The smallest absolute Gasteiger partial charge is 0.231 e. The normalized spacial score (nSPS) is 31.8. The molecule has 6 heteroatoms. The van der Waals surface area contributed by atoms with E-state index >= 15 is 0 Å². The Balaban J connectivity index is 1.62. The van der Waals surface area contributed by atoms with Gasteiger partial charge in [-0.05, 0) is 43.2 Å². The van der Waals surface area contributed by atoms with Crippen molar-refractivity contribution in [2.75, 3.05) is 6.61 Å². The van der Waals surface area contributed by atoms with Gasteiger partial charge >= 0.3 is 0 Å². The summed E-state index contributed by atoms with van der Waals surface area (Å²) in [5, 5.41) is 4.93. The van der Waals surface area contributed by atoms with E-state index in [9.17, 15) is 0 Å². The molecular formula is C18H22ClN3O2. The van der Waals surface area contributed by atoms with Gasteiger partial charge in [-0.1, -0.05) is 30.6 Å². The predicted molar refractivity (Wildman–Crippen MR) is 90.0 cm³/mol. The highest BCUT2D eigenvalue weighted by atomic mass is 35.5. The van der Waals surface area contributed by atoms with E-state index < -0.39 is 5.60 Å². The Labute approximate surface area is 146 Å². The first kappa shape index (κ1) is 16.0. The van der Waals surface area contributed by atoms with Crippen LogP contribution >= 0.6 is 11.6 Å². The van der Waals surface area contributed by atoms with Gasteiger partial charge in [-0.3, -0.25) is 4.98 Å². The first-order valence-electron chi connectivity index (χ1n) is 8.51. The maximum atomic E-state index is 6.34. The van der Waals surface area contributed by atoms with Crippen molar-refractivity contribution in [3.05, 3.63) is 40.8 Å². The number of aromatic nitrogens is 3. The van der Waals surface area contributed by atoms with Crippen molar-refractivity contribution in [3.8, 4) is 0 Å². The van der Waals surface area contributed by atoms with E-state index in [-0.39, 0.29) is 17.3 Å². The second kappa shape index (κ2) is 5.53. The van der Waals surface area contributed by atoms with E-state index in [0.717, 1.165) is 31.4 Å². The van der Waals surface area contributed by atoms with Gasteiger partial charge in [-0.15, -0.1) is 0 Å². The summed E-state index contributed by atoms with van der Waals surface area (Å²) in [6, 6.07) is 1.98. The monoisotopic (exact) mass is 347 g/mol. The minimum Gasteiger partial charge on any atom is -0.367 e. The summed E-state index contributed by atoms with van der Waals surface area (Å²) in [6.45, 7) is 7.23. The van der Waals surface area contributed by atoms with Crippen LogP contribution in [0.15, 0.2) is 23.0 Å². The third kappa shape index (κ3) is 2.45. The van der Waals surface area contributed by atoms with Gasteiger partial charge in [0.15, 0.2) is 0 Å². The number of hydrogen-bond acceptors (Lipinski definition) is 5. The average molecular weight is 348 g/mol. The lowest BCUT2D eigenvalue weighted by Gasteiger charge is -2.30. The largest absolute Gasteiger partial charge is 0.367 e. The average Bonchev–Trinajstić information content (AvgIpc) is 2.92. The van der Waals surface area contributed by atoms with Gasteiger partial charge in [0.05, 0.1) is 10.9 Å². The Hall–Kier alpha value is -1.46. The highest BCUT2D eigenvalue weighted by Gasteiger charge is 2.62. The maximum absolute atomic E-state index is 6.34.